The molecular formula is C13H19N5O2. The second-order valence-electron chi connectivity index (χ2n) is 4.55. The van der Waals surface area contributed by atoms with Gasteiger partial charge in [0.2, 0.25) is 17.7 Å². The minimum atomic E-state index is -0.302. The van der Waals surface area contributed by atoms with Gasteiger partial charge < -0.3 is 9.32 Å². The monoisotopic (exact) mass is 277 g/mol. The van der Waals surface area contributed by atoms with Crippen LogP contribution in [0.15, 0.2) is 22.9 Å². The van der Waals surface area contributed by atoms with Gasteiger partial charge in [-0.1, -0.05) is 13.8 Å². The maximum absolute atomic E-state index is 12.4. The summed E-state index contributed by atoms with van der Waals surface area (Å²) in [6.45, 7) is 4.21. The first kappa shape index (κ1) is 14.2. The number of aromatic nitrogens is 4. The van der Waals surface area contributed by atoms with E-state index in [0.717, 1.165) is 0 Å². The van der Waals surface area contributed by atoms with Crippen LogP contribution in [0, 0.1) is 0 Å². The summed E-state index contributed by atoms with van der Waals surface area (Å²) in [4.78, 5) is 14.0. The summed E-state index contributed by atoms with van der Waals surface area (Å²) in [5.41, 5.74) is 0. The first-order valence-corrected chi connectivity index (χ1v) is 6.71. The molecule has 0 fully saturated rings. The predicted octanol–water partition coefficient (Wildman–Crippen LogP) is 1.44. The summed E-state index contributed by atoms with van der Waals surface area (Å²) >= 11 is 0. The average molecular weight is 277 g/mol. The molecule has 2 aromatic rings. The molecule has 1 atom stereocenters. The Bertz CT molecular complexity index is 549. The fourth-order valence-corrected chi connectivity index (χ4v) is 1.97. The highest BCUT2D eigenvalue weighted by molar-refractivity contribution is 5.79. The van der Waals surface area contributed by atoms with Crippen molar-refractivity contribution < 1.29 is 9.21 Å². The lowest BCUT2D eigenvalue weighted by atomic mass is 10.2. The summed E-state index contributed by atoms with van der Waals surface area (Å²) in [6, 6.07) is 1.50. The van der Waals surface area contributed by atoms with Gasteiger partial charge in [-0.25, -0.2) is 0 Å². The summed E-state index contributed by atoms with van der Waals surface area (Å²) in [6.07, 6.45) is 4.83. The van der Waals surface area contributed by atoms with Crippen LogP contribution in [0.25, 0.3) is 0 Å². The number of carbonyl (C=O) groups excluding carboxylic acids is 1. The van der Waals surface area contributed by atoms with Crippen molar-refractivity contribution in [2.24, 2.45) is 0 Å². The van der Waals surface area contributed by atoms with Crippen LogP contribution in [0.4, 0.5) is 0 Å². The smallest absolute Gasteiger partial charge is 0.247 e. The normalized spacial score (nSPS) is 12.3. The van der Waals surface area contributed by atoms with Gasteiger partial charge in [0.25, 0.3) is 0 Å². The van der Waals surface area contributed by atoms with Crippen molar-refractivity contribution in [1.29, 1.82) is 0 Å². The van der Waals surface area contributed by atoms with Crippen molar-refractivity contribution in [1.82, 2.24) is 24.9 Å². The lowest BCUT2D eigenvalue weighted by Crippen LogP contribution is -2.34. The second-order valence-corrected chi connectivity index (χ2v) is 4.55. The molecular weight excluding hydrogens is 258 g/mol. The predicted molar refractivity (Wildman–Crippen MR) is 71.7 cm³/mol. The van der Waals surface area contributed by atoms with E-state index in [4.69, 9.17) is 4.42 Å². The molecule has 7 heteroatoms. The lowest BCUT2D eigenvalue weighted by Gasteiger charge is -2.21. The maximum atomic E-state index is 12.4. The molecule has 0 aliphatic rings. The topological polar surface area (TPSA) is 77.1 Å². The fourth-order valence-electron chi connectivity index (χ4n) is 1.97. The Kier molecular flexibility index (Phi) is 4.49. The number of likely N-dealkylation sites (N-methyl/N-ethyl adjacent to an activating group) is 1. The molecule has 0 aliphatic carbocycles. The minimum absolute atomic E-state index is 0.0209. The number of nitrogens with zero attached hydrogens (tertiary/aromatic N) is 5. The highest BCUT2D eigenvalue weighted by atomic mass is 16.4. The Hall–Kier alpha value is -2.18. The van der Waals surface area contributed by atoms with Gasteiger partial charge in [-0.15, -0.1) is 10.2 Å². The van der Waals surface area contributed by atoms with E-state index in [0.29, 0.717) is 31.2 Å². The summed E-state index contributed by atoms with van der Waals surface area (Å²) in [5.74, 6) is 1.01. The zero-order chi connectivity index (χ0) is 14.5. The standard InChI is InChI=1S/C13H19N5O2/c1-4-10(18-8-6-7-14-18)13(19)17(3)9-12-16-15-11(5-2)20-12/h6-8,10H,4-5,9H2,1-3H3. The Morgan fingerprint density at radius 3 is 2.70 bits per heavy atom. The third-order valence-electron chi connectivity index (χ3n) is 3.08. The van der Waals surface area contributed by atoms with Crippen molar-refractivity contribution >= 4 is 5.91 Å². The van der Waals surface area contributed by atoms with Crippen LogP contribution >= 0.6 is 0 Å². The molecule has 0 spiro atoms. The van der Waals surface area contributed by atoms with Crippen LogP contribution < -0.4 is 0 Å². The van der Waals surface area contributed by atoms with Crippen LogP contribution in [0.3, 0.4) is 0 Å². The molecule has 1 unspecified atom stereocenters. The Labute approximate surface area is 117 Å². The van der Waals surface area contributed by atoms with Crippen LogP contribution in [0.1, 0.15) is 38.1 Å². The van der Waals surface area contributed by atoms with E-state index >= 15 is 0 Å². The second kappa shape index (κ2) is 6.31. The van der Waals surface area contributed by atoms with E-state index in [1.165, 1.54) is 0 Å². The molecule has 1 amide bonds. The molecule has 0 bridgehead atoms. The summed E-state index contributed by atoms with van der Waals surface area (Å²) in [5, 5.41) is 11.9. The van der Waals surface area contributed by atoms with Crippen LogP contribution in [-0.4, -0.2) is 37.8 Å². The number of amides is 1. The molecule has 0 saturated carbocycles. The number of aryl methyl sites for hydroxylation is 1. The summed E-state index contributed by atoms with van der Waals surface area (Å²) in [7, 11) is 1.73. The average Bonchev–Trinajstić information content (AvgIpc) is 3.10. The summed E-state index contributed by atoms with van der Waals surface area (Å²) < 4.78 is 7.09. The molecule has 108 valence electrons. The lowest BCUT2D eigenvalue weighted by molar-refractivity contribution is -0.134. The molecule has 7 nitrogen and oxygen atoms in total. The van der Waals surface area contributed by atoms with E-state index in [9.17, 15) is 4.79 Å². The number of carbonyl (C=O) groups is 1. The highest BCUT2D eigenvalue weighted by Gasteiger charge is 2.23. The van der Waals surface area contributed by atoms with Gasteiger partial charge in [0.1, 0.15) is 6.04 Å². The fraction of sp³-hybridized carbons (Fsp3) is 0.538. The van der Waals surface area contributed by atoms with Gasteiger partial charge in [-0.2, -0.15) is 5.10 Å². The van der Waals surface area contributed by atoms with Gasteiger partial charge in [-0.05, 0) is 12.5 Å². The van der Waals surface area contributed by atoms with Gasteiger partial charge in [0, 0.05) is 25.9 Å². The highest BCUT2D eigenvalue weighted by Crippen LogP contribution is 2.14. The molecule has 0 radical (unpaired) electrons. The van der Waals surface area contributed by atoms with E-state index < -0.39 is 0 Å². The van der Waals surface area contributed by atoms with Crippen molar-refractivity contribution in [2.45, 2.75) is 39.3 Å². The van der Waals surface area contributed by atoms with Gasteiger partial charge in [0.05, 0.1) is 6.54 Å². The van der Waals surface area contributed by atoms with E-state index in [2.05, 4.69) is 15.3 Å². The van der Waals surface area contributed by atoms with Crippen LogP contribution in [-0.2, 0) is 17.8 Å². The number of hydrogen-bond donors (Lipinski definition) is 0. The first-order valence-electron chi connectivity index (χ1n) is 6.71. The maximum Gasteiger partial charge on any atom is 0.247 e. The SMILES string of the molecule is CCc1nnc(CN(C)C(=O)C(CC)n2cccn2)o1. The third-order valence-corrected chi connectivity index (χ3v) is 3.08. The molecule has 0 aliphatic heterocycles. The molecule has 20 heavy (non-hydrogen) atoms. The van der Waals surface area contributed by atoms with Crippen molar-refractivity contribution in [3.63, 3.8) is 0 Å². The zero-order valence-corrected chi connectivity index (χ0v) is 12.0. The van der Waals surface area contributed by atoms with Crippen molar-refractivity contribution in [3.8, 4) is 0 Å². The van der Waals surface area contributed by atoms with Gasteiger partial charge in [-0.3, -0.25) is 9.48 Å². The third kappa shape index (κ3) is 3.04. The molecule has 0 aromatic carbocycles. The van der Waals surface area contributed by atoms with Crippen molar-refractivity contribution in [3.05, 3.63) is 30.2 Å². The molecule has 2 heterocycles. The molecule has 2 rings (SSSR count). The number of hydrogen-bond acceptors (Lipinski definition) is 5. The van der Waals surface area contributed by atoms with Crippen LogP contribution in [0.2, 0.25) is 0 Å². The van der Waals surface area contributed by atoms with E-state index in [1.54, 1.807) is 29.0 Å². The minimum Gasteiger partial charge on any atom is -0.423 e. The van der Waals surface area contributed by atoms with Crippen molar-refractivity contribution in [2.75, 3.05) is 7.05 Å². The largest absolute Gasteiger partial charge is 0.423 e. The first-order chi connectivity index (χ1) is 9.65. The Morgan fingerprint density at radius 2 is 2.15 bits per heavy atom. The zero-order valence-electron chi connectivity index (χ0n) is 12.0. The number of rotatable bonds is 6. The molecule has 0 N–H and O–H groups in total. The Balaban J connectivity index is 2.03. The molecule has 0 saturated heterocycles. The van der Waals surface area contributed by atoms with E-state index in [-0.39, 0.29) is 11.9 Å². The quantitative estimate of drug-likeness (QED) is 0.798. The van der Waals surface area contributed by atoms with Crippen LogP contribution in [0.5, 0.6) is 0 Å². The van der Waals surface area contributed by atoms with E-state index in [1.807, 2.05) is 19.9 Å². The Morgan fingerprint density at radius 1 is 1.40 bits per heavy atom. The van der Waals surface area contributed by atoms with Gasteiger partial charge in [0.15, 0.2) is 0 Å². The van der Waals surface area contributed by atoms with Gasteiger partial charge >= 0.3 is 0 Å². The molecule has 2 aromatic heterocycles.